The maximum Gasteiger partial charge on any atom is 0.244 e. The summed E-state index contributed by atoms with van der Waals surface area (Å²) < 4.78 is 5.09. The molecule has 18 heavy (non-hydrogen) atoms. The Hall–Kier alpha value is -2.55. The van der Waals surface area contributed by atoms with Crippen LogP contribution >= 0.6 is 0 Å². The summed E-state index contributed by atoms with van der Waals surface area (Å²) in [6.07, 6.45) is 5.21. The zero-order valence-electron chi connectivity index (χ0n) is 9.24. The first-order valence-electron chi connectivity index (χ1n) is 5.25. The molecule has 0 spiro atoms. The SMILES string of the molecule is NC(Cc1cnc[nH]1)c1nc(-c2ncn[nH]2)no1. The third-order valence-electron chi connectivity index (χ3n) is 2.38. The lowest BCUT2D eigenvalue weighted by atomic mass is 10.2. The van der Waals surface area contributed by atoms with E-state index >= 15 is 0 Å². The summed E-state index contributed by atoms with van der Waals surface area (Å²) in [5.74, 6) is 1.12. The molecule has 3 rings (SSSR count). The van der Waals surface area contributed by atoms with E-state index in [0.29, 0.717) is 24.0 Å². The molecule has 4 N–H and O–H groups in total. The first-order chi connectivity index (χ1) is 8.83. The van der Waals surface area contributed by atoms with Gasteiger partial charge in [0.1, 0.15) is 6.33 Å². The third-order valence-corrected chi connectivity index (χ3v) is 2.38. The highest BCUT2D eigenvalue weighted by molar-refractivity contribution is 5.39. The number of nitrogens with two attached hydrogens (primary N) is 1. The van der Waals surface area contributed by atoms with Gasteiger partial charge in [-0.05, 0) is 0 Å². The van der Waals surface area contributed by atoms with Crippen LogP contribution in [-0.2, 0) is 6.42 Å². The molecule has 92 valence electrons. The predicted octanol–water partition coefficient (Wildman–Crippen LogP) is -0.180. The summed E-state index contributed by atoms with van der Waals surface area (Å²) in [4.78, 5) is 15.0. The Bertz CT molecular complexity index is 598. The summed E-state index contributed by atoms with van der Waals surface area (Å²) in [5, 5.41) is 10.1. The van der Waals surface area contributed by atoms with Crippen LogP contribution in [0.1, 0.15) is 17.6 Å². The molecule has 0 saturated carbocycles. The average molecular weight is 246 g/mol. The molecule has 3 heterocycles. The number of rotatable bonds is 4. The van der Waals surface area contributed by atoms with E-state index in [-0.39, 0.29) is 0 Å². The minimum atomic E-state index is -0.394. The molecule has 0 fully saturated rings. The summed E-state index contributed by atoms with van der Waals surface area (Å²) in [7, 11) is 0. The van der Waals surface area contributed by atoms with E-state index in [4.69, 9.17) is 10.3 Å². The number of hydrogen-bond acceptors (Lipinski definition) is 7. The summed E-state index contributed by atoms with van der Waals surface area (Å²) >= 11 is 0. The second-order valence-corrected chi connectivity index (χ2v) is 3.68. The number of hydrogen-bond donors (Lipinski definition) is 3. The lowest BCUT2D eigenvalue weighted by Gasteiger charge is -2.03. The van der Waals surface area contributed by atoms with E-state index in [1.54, 1.807) is 12.5 Å². The van der Waals surface area contributed by atoms with Gasteiger partial charge in [-0.3, -0.25) is 5.10 Å². The van der Waals surface area contributed by atoms with Crippen molar-refractivity contribution in [1.29, 1.82) is 0 Å². The predicted molar refractivity (Wildman–Crippen MR) is 58.9 cm³/mol. The van der Waals surface area contributed by atoms with Crippen LogP contribution in [0.2, 0.25) is 0 Å². The van der Waals surface area contributed by atoms with Gasteiger partial charge in [0.15, 0.2) is 5.82 Å². The number of imidazole rings is 1. The molecule has 9 nitrogen and oxygen atoms in total. The highest BCUT2D eigenvalue weighted by atomic mass is 16.5. The molecule has 1 atom stereocenters. The van der Waals surface area contributed by atoms with Crippen molar-refractivity contribution >= 4 is 0 Å². The third kappa shape index (κ3) is 1.98. The fraction of sp³-hybridized carbons (Fsp3) is 0.222. The van der Waals surface area contributed by atoms with Gasteiger partial charge in [-0.2, -0.15) is 10.1 Å². The first-order valence-corrected chi connectivity index (χ1v) is 5.25. The van der Waals surface area contributed by atoms with Gasteiger partial charge >= 0.3 is 0 Å². The molecular formula is C9H10N8O. The molecule has 9 heteroatoms. The largest absolute Gasteiger partial charge is 0.348 e. The molecular weight excluding hydrogens is 236 g/mol. The number of aromatic nitrogens is 7. The lowest BCUT2D eigenvalue weighted by Crippen LogP contribution is -2.14. The second kappa shape index (κ2) is 4.37. The Kier molecular flexibility index (Phi) is 2.57. The van der Waals surface area contributed by atoms with Crippen molar-refractivity contribution in [2.75, 3.05) is 0 Å². The van der Waals surface area contributed by atoms with Crippen molar-refractivity contribution < 1.29 is 4.52 Å². The smallest absolute Gasteiger partial charge is 0.244 e. The molecule has 0 bridgehead atoms. The van der Waals surface area contributed by atoms with Crippen molar-refractivity contribution in [3.8, 4) is 11.6 Å². The van der Waals surface area contributed by atoms with Gasteiger partial charge in [0.2, 0.25) is 11.7 Å². The second-order valence-electron chi connectivity index (χ2n) is 3.68. The molecule has 3 aromatic rings. The average Bonchev–Trinajstić information content (AvgIpc) is 3.11. The molecule has 0 aliphatic rings. The maximum atomic E-state index is 5.96. The fourth-order valence-electron chi connectivity index (χ4n) is 1.52. The van der Waals surface area contributed by atoms with E-state index in [1.807, 2.05) is 0 Å². The maximum absolute atomic E-state index is 5.96. The van der Waals surface area contributed by atoms with Crippen LogP contribution in [0.25, 0.3) is 11.6 Å². The van der Waals surface area contributed by atoms with Gasteiger partial charge < -0.3 is 15.2 Å². The van der Waals surface area contributed by atoms with E-state index in [1.165, 1.54) is 6.33 Å². The van der Waals surface area contributed by atoms with Crippen molar-refractivity contribution in [1.82, 2.24) is 35.3 Å². The highest BCUT2D eigenvalue weighted by Gasteiger charge is 2.17. The Labute approximate surface area is 101 Å². The minimum Gasteiger partial charge on any atom is -0.348 e. The Morgan fingerprint density at radius 1 is 1.44 bits per heavy atom. The van der Waals surface area contributed by atoms with Gasteiger partial charge in [-0.1, -0.05) is 5.16 Å². The minimum absolute atomic E-state index is 0.336. The molecule has 0 aromatic carbocycles. The number of aromatic amines is 2. The van der Waals surface area contributed by atoms with Crippen molar-refractivity contribution in [2.45, 2.75) is 12.5 Å². The zero-order chi connectivity index (χ0) is 12.4. The molecule has 1 unspecified atom stereocenters. The van der Waals surface area contributed by atoms with Crippen molar-refractivity contribution in [2.24, 2.45) is 5.73 Å². The number of H-pyrrole nitrogens is 2. The standard InChI is InChI=1S/C9H10N8O/c10-6(1-5-2-11-3-12-5)9-15-8(17-18-9)7-13-4-14-16-7/h2-4,6H,1,10H2,(H,11,12)(H,13,14,16). The quantitative estimate of drug-likeness (QED) is 0.581. The molecule has 0 radical (unpaired) electrons. The molecule has 3 aromatic heterocycles. The van der Waals surface area contributed by atoms with Crippen LogP contribution in [0.4, 0.5) is 0 Å². The lowest BCUT2D eigenvalue weighted by molar-refractivity contribution is 0.353. The molecule has 0 aliphatic heterocycles. The van der Waals surface area contributed by atoms with E-state index in [0.717, 1.165) is 5.69 Å². The topological polar surface area (TPSA) is 135 Å². The van der Waals surface area contributed by atoms with Gasteiger partial charge in [0, 0.05) is 18.3 Å². The van der Waals surface area contributed by atoms with Gasteiger partial charge in [0.25, 0.3) is 0 Å². The first kappa shape index (κ1) is 10.6. The van der Waals surface area contributed by atoms with Gasteiger partial charge in [-0.25, -0.2) is 9.97 Å². The van der Waals surface area contributed by atoms with Crippen LogP contribution in [-0.4, -0.2) is 35.3 Å². The summed E-state index contributed by atoms with van der Waals surface area (Å²) in [6, 6.07) is -0.394. The van der Waals surface area contributed by atoms with Crippen LogP contribution in [0.3, 0.4) is 0 Å². The zero-order valence-corrected chi connectivity index (χ0v) is 9.24. The normalized spacial score (nSPS) is 12.7. The number of nitrogens with zero attached hydrogens (tertiary/aromatic N) is 5. The molecule has 0 aliphatic carbocycles. The van der Waals surface area contributed by atoms with Crippen LogP contribution in [0.15, 0.2) is 23.4 Å². The highest BCUT2D eigenvalue weighted by Crippen LogP contribution is 2.16. The van der Waals surface area contributed by atoms with E-state index in [9.17, 15) is 0 Å². The Morgan fingerprint density at radius 3 is 3.11 bits per heavy atom. The monoisotopic (exact) mass is 246 g/mol. The van der Waals surface area contributed by atoms with E-state index < -0.39 is 6.04 Å². The van der Waals surface area contributed by atoms with E-state index in [2.05, 4.69) is 35.3 Å². The van der Waals surface area contributed by atoms with Gasteiger partial charge in [0.05, 0.1) is 12.4 Å². The molecule has 0 saturated heterocycles. The van der Waals surface area contributed by atoms with Gasteiger partial charge in [-0.15, -0.1) is 0 Å². The fourth-order valence-corrected chi connectivity index (χ4v) is 1.52. The van der Waals surface area contributed by atoms with Crippen LogP contribution in [0.5, 0.6) is 0 Å². The summed E-state index contributed by atoms with van der Waals surface area (Å²) in [5.41, 5.74) is 6.87. The Balaban J connectivity index is 1.77. The van der Waals surface area contributed by atoms with Crippen molar-refractivity contribution in [3.63, 3.8) is 0 Å². The summed E-state index contributed by atoms with van der Waals surface area (Å²) in [6.45, 7) is 0. The van der Waals surface area contributed by atoms with Crippen LogP contribution in [0, 0.1) is 0 Å². The van der Waals surface area contributed by atoms with Crippen LogP contribution < -0.4 is 5.73 Å². The Morgan fingerprint density at radius 2 is 2.39 bits per heavy atom. The molecule has 0 amide bonds. The number of nitrogens with one attached hydrogen (secondary N) is 2. The van der Waals surface area contributed by atoms with Crippen molar-refractivity contribution in [3.05, 3.63) is 30.4 Å².